The Bertz CT molecular complexity index is 2790. The molecule has 8 aromatic carbocycles. The van der Waals surface area contributed by atoms with Crippen LogP contribution in [-0.2, 0) is 0 Å². The molecule has 10 rings (SSSR count). The van der Waals surface area contributed by atoms with Crippen molar-refractivity contribution in [3.8, 4) is 27.9 Å². The van der Waals surface area contributed by atoms with Crippen molar-refractivity contribution in [1.82, 2.24) is 4.57 Å². The van der Waals surface area contributed by atoms with Crippen LogP contribution in [0.1, 0.15) is 0 Å². The predicted octanol–water partition coefficient (Wildman–Crippen LogP) is 13.5. The number of fused-ring (bicyclic) bond motifs is 6. The van der Waals surface area contributed by atoms with Gasteiger partial charge in [-0.15, -0.1) is 0 Å². The minimum atomic E-state index is 0.901. The number of benzene rings is 8. The largest absolute Gasteiger partial charge is 0.456 e. The maximum Gasteiger partial charge on any atom is 0.136 e. The molecule has 3 nitrogen and oxygen atoms in total. The lowest BCUT2D eigenvalue weighted by Gasteiger charge is -2.26. The molecule has 0 fully saturated rings. The van der Waals surface area contributed by atoms with Crippen LogP contribution in [0.5, 0.6) is 0 Å². The second kappa shape index (κ2) is 11.9. The van der Waals surface area contributed by atoms with E-state index in [0.717, 1.165) is 55.8 Å². The quantitative estimate of drug-likeness (QED) is 0.178. The van der Waals surface area contributed by atoms with Crippen molar-refractivity contribution in [2.75, 3.05) is 4.90 Å². The van der Waals surface area contributed by atoms with E-state index < -0.39 is 0 Å². The normalized spacial score (nSPS) is 11.5. The van der Waals surface area contributed by atoms with Gasteiger partial charge in [0.15, 0.2) is 0 Å². The Balaban J connectivity index is 1.02. The summed E-state index contributed by atoms with van der Waals surface area (Å²) in [5, 5.41) is 4.82. The van der Waals surface area contributed by atoms with Gasteiger partial charge in [0.1, 0.15) is 11.2 Å². The number of furan rings is 1. The maximum absolute atomic E-state index is 6.23. The average molecular weight is 653 g/mol. The summed E-state index contributed by atoms with van der Waals surface area (Å²) in [6.45, 7) is 0. The molecule has 0 aliphatic heterocycles. The molecule has 2 heterocycles. The van der Waals surface area contributed by atoms with E-state index in [2.05, 4.69) is 191 Å². The maximum atomic E-state index is 6.23. The summed E-state index contributed by atoms with van der Waals surface area (Å²) in [4.78, 5) is 2.33. The third-order valence-electron chi connectivity index (χ3n) is 10.00. The highest BCUT2D eigenvalue weighted by Crippen LogP contribution is 2.41. The minimum absolute atomic E-state index is 0.901. The third-order valence-corrected chi connectivity index (χ3v) is 10.00. The first-order valence-electron chi connectivity index (χ1n) is 17.4. The summed E-state index contributed by atoms with van der Waals surface area (Å²) >= 11 is 0. The van der Waals surface area contributed by atoms with E-state index in [1.165, 1.54) is 32.9 Å². The monoisotopic (exact) mass is 652 g/mol. The number of anilines is 3. The molecule has 0 spiro atoms. The van der Waals surface area contributed by atoms with Crippen LogP contribution in [0.4, 0.5) is 17.1 Å². The molecule has 0 amide bonds. The molecule has 0 unspecified atom stereocenters. The Labute approximate surface area is 295 Å². The summed E-state index contributed by atoms with van der Waals surface area (Å²) in [7, 11) is 0. The van der Waals surface area contributed by atoms with Gasteiger partial charge in [-0.25, -0.2) is 0 Å². The van der Waals surface area contributed by atoms with Crippen LogP contribution in [-0.4, -0.2) is 4.57 Å². The van der Waals surface area contributed by atoms with Crippen LogP contribution in [0.3, 0.4) is 0 Å². The third kappa shape index (κ3) is 4.90. The van der Waals surface area contributed by atoms with Crippen molar-refractivity contribution < 1.29 is 4.42 Å². The lowest BCUT2D eigenvalue weighted by atomic mass is 9.98. The standard InChI is InChI=1S/C48H32N2O/c1-2-13-36(14-3-1)49(39-15-10-12-35(32-39)40-19-11-23-47-48(40)43-18-6-9-22-46(43)51-47)37-28-24-33(25-29-37)34-26-30-38(31-27-34)50-44-20-7-4-16-41(44)42-17-5-8-21-45(42)50/h1-32H. The Morgan fingerprint density at radius 3 is 1.65 bits per heavy atom. The Morgan fingerprint density at radius 1 is 0.373 bits per heavy atom. The first-order valence-corrected chi connectivity index (χ1v) is 17.4. The molecule has 0 bridgehead atoms. The Hall–Kier alpha value is -6.84. The SMILES string of the molecule is c1ccc(N(c2ccc(-c3ccc(-n4c5ccccc5c5ccccc54)cc3)cc2)c2cccc(-c3cccc4oc5ccccc5c34)c2)cc1. The van der Waals surface area contributed by atoms with Crippen LogP contribution in [0.25, 0.3) is 71.7 Å². The zero-order chi connectivity index (χ0) is 33.7. The summed E-state index contributed by atoms with van der Waals surface area (Å²) in [5.41, 5.74) is 13.3. The van der Waals surface area contributed by atoms with E-state index in [4.69, 9.17) is 4.42 Å². The zero-order valence-electron chi connectivity index (χ0n) is 27.8. The number of hydrogen-bond donors (Lipinski definition) is 0. The van der Waals surface area contributed by atoms with Gasteiger partial charge in [-0.1, -0.05) is 121 Å². The summed E-state index contributed by atoms with van der Waals surface area (Å²) in [6.07, 6.45) is 0. The van der Waals surface area contributed by atoms with Gasteiger partial charge >= 0.3 is 0 Å². The van der Waals surface area contributed by atoms with Gasteiger partial charge in [-0.2, -0.15) is 0 Å². The van der Waals surface area contributed by atoms with Gasteiger partial charge in [0.2, 0.25) is 0 Å². The van der Waals surface area contributed by atoms with Crippen molar-refractivity contribution >= 4 is 60.8 Å². The highest BCUT2D eigenvalue weighted by Gasteiger charge is 2.17. The van der Waals surface area contributed by atoms with Crippen LogP contribution >= 0.6 is 0 Å². The first-order chi connectivity index (χ1) is 25.3. The predicted molar refractivity (Wildman–Crippen MR) is 214 cm³/mol. The van der Waals surface area contributed by atoms with Crippen molar-refractivity contribution in [3.05, 3.63) is 194 Å². The van der Waals surface area contributed by atoms with E-state index in [9.17, 15) is 0 Å². The average Bonchev–Trinajstić information content (AvgIpc) is 3.75. The fourth-order valence-corrected chi connectivity index (χ4v) is 7.66. The zero-order valence-corrected chi connectivity index (χ0v) is 27.8. The topological polar surface area (TPSA) is 21.3 Å². The second-order valence-electron chi connectivity index (χ2n) is 13.0. The number of rotatable bonds is 6. The Morgan fingerprint density at radius 2 is 0.922 bits per heavy atom. The van der Waals surface area contributed by atoms with E-state index in [-0.39, 0.29) is 0 Å². The van der Waals surface area contributed by atoms with Gasteiger partial charge in [0, 0.05) is 44.3 Å². The van der Waals surface area contributed by atoms with E-state index in [1.807, 2.05) is 12.1 Å². The molecule has 0 radical (unpaired) electrons. The van der Waals surface area contributed by atoms with Gasteiger partial charge in [-0.05, 0) is 95.1 Å². The highest BCUT2D eigenvalue weighted by atomic mass is 16.3. The molecule has 0 saturated carbocycles. The van der Waals surface area contributed by atoms with E-state index >= 15 is 0 Å². The molecule has 2 aromatic heterocycles. The van der Waals surface area contributed by atoms with Gasteiger partial charge in [0.25, 0.3) is 0 Å². The fraction of sp³-hybridized carbons (Fsp3) is 0. The van der Waals surface area contributed by atoms with Gasteiger partial charge < -0.3 is 13.9 Å². The number of nitrogens with zero attached hydrogens (tertiary/aromatic N) is 2. The first kappa shape index (κ1) is 29.1. The molecule has 0 N–H and O–H groups in total. The molecule has 0 aliphatic rings. The van der Waals surface area contributed by atoms with Crippen LogP contribution in [0, 0.1) is 0 Å². The van der Waals surface area contributed by atoms with E-state index in [1.54, 1.807) is 0 Å². The lowest BCUT2D eigenvalue weighted by Crippen LogP contribution is -2.09. The van der Waals surface area contributed by atoms with Gasteiger partial charge in [-0.3, -0.25) is 0 Å². The smallest absolute Gasteiger partial charge is 0.136 e. The molecular formula is C48H32N2O. The molecule has 3 heteroatoms. The van der Waals surface area contributed by atoms with Crippen molar-refractivity contribution in [2.24, 2.45) is 0 Å². The summed E-state index contributed by atoms with van der Waals surface area (Å²) < 4.78 is 8.59. The number of hydrogen-bond acceptors (Lipinski definition) is 2. The number of aromatic nitrogens is 1. The molecule has 0 saturated heterocycles. The summed E-state index contributed by atoms with van der Waals surface area (Å²) in [6, 6.07) is 69.1. The second-order valence-corrected chi connectivity index (χ2v) is 13.0. The Kier molecular flexibility index (Phi) is 6.81. The molecule has 10 aromatic rings. The molecule has 0 aliphatic carbocycles. The molecular weight excluding hydrogens is 621 g/mol. The lowest BCUT2D eigenvalue weighted by molar-refractivity contribution is 0.669. The fourth-order valence-electron chi connectivity index (χ4n) is 7.66. The van der Waals surface area contributed by atoms with Crippen molar-refractivity contribution in [2.45, 2.75) is 0 Å². The molecule has 240 valence electrons. The molecule has 51 heavy (non-hydrogen) atoms. The number of para-hydroxylation sites is 4. The van der Waals surface area contributed by atoms with Crippen molar-refractivity contribution in [1.29, 1.82) is 0 Å². The highest BCUT2D eigenvalue weighted by molar-refractivity contribution is 6.12. The summed E-state index contributed by atoms with van der Waals surface area (Å²) in [5.74, 6) is 0. The minimum Gasteiger partial charge on any atom is -0.456 e. The van der Waals surface area contributed by atoms with Crippen molar-refractivity contribution in [3.63, 3.8) is 0 Å². The van der Waals surface area contributed by atoms with E-state index in [0.29, 0.717) is 0 Å². The van der Waals surface area contributed by atoms with Crippen LogP contribution in [0.2, 0.25) is 0 Å². The van der Waals surface area contributed by atoms with Crippen LogP contribution < -0.4 is 4.90 Å². The molecule has 0 atom stereocenters. The van der Waals surface area contributed by atoms with Crippen LogP contribution in [0.15, 0.2) is 199 Å². The van der Waals surface area contributed by atoms with Gasteiger partial charge in [0.05, 0.1) is 11.0 Å².